The van der Waals surface area contributed by atoms with Crippen LogP contribution in [0.25, 0.3) is 6.08 Å². The van der Waals surface area contributed by atoms with E-state index in [2.05, 4.69) is 22.1 Å². The zero-order valence-corrected chi connectivity index (χ0v) is 13.0. The van der Waals surface area contributed by atoms with Crippen molar-refractivity contribution in [2.45, 2.75) is 0 Å². The van der Waals surface area contributed by atoms with Gasteiger partial charge in [0.15, 0.2) is 0 Å². The van der Waals surface area contributed by atoms with E-state index in [1.54, 1.807) is 11.6 Å². The number of anilines is 1. The summed E-state index contributed by atoms with van der Waals surface area (Å²) in [6.07, 6.45) is 5.19. The minimum atomic E-state index is -0.519. The molecular formula is C15H21N3O2S. The molecule has 1 saturated heterocycles. The van der Waals surface area contributed by atoms with Crippen molar-refractivity contribution in [1.29, 1.82) is 0 Å². The summed E-state index contributed by atoms with van der Waals surface area (Å²) in [6.45, 7) is 4.07. The highest BCUT2D eigenvalue weighted by atomic mass is 32.2. The van der Waals surface area contributed by atoms with Gasteiger partial charge in [-0.15, -0.1) is 11.8 Å². The van der Waals surface area contributed by atoms with Crippen LogP contribution in [0.3, 0.4) is 0 Å². The highest BCUT2D eigenvalue weighted by molar-refractivity contribution is 7.98. The van der Waals surface area contributed by atoms with Gasteiger partial charge in [-0.1, -0.05) is 18.2 Å². The molecule has 1 amide bonds. The van der Waals surface area contributed by atoms with Gasteiger partial charge in [-0.05, 0) is 24.0 Å². The quantitative estimate of drug-likeness (QED) is 0.492. The molecule has 0 aromatic heterocycles. The van der Waals surface area contributed by atoms with Crippen LogP contribution in [0, 0.1) is 0 Å². The lowest BCUT2D eigenvalue weighted by molar-refractivity contribution is -0.124. The highest BCUT2D eigenvalue weighted by Gasteiger charge is 2.17. The molecule has 5 nitrogen and oxygen atoms in total. The summed E-state index contributed by atoms with van der Waals surface area (Å²) in [5.41, 5.74) is 3.72. The molecule has 1 aliphatic rings. The number of rotatable bonds is 5. The third-order valence-corrected chi connectivity index (χ3v) is 4.11. The number of piperazine rings is 1. The first kappa shape index (κ1) is 15.9. The maximum atomic E-state index is 11.1. The van der Waals surface area contributed by atoms with Crippen molar-refractivity contribution in [3.8, 4) is 0 Å². The number of nitrogens with zero attached hydrogens (tertiary/aromatic N) is 2. The first-order valence-corrected chi connectivity index (χ1v) is 8.31. The molecule has 0 aliphatic carbocycles. The Labute approximate surface area is 129 Å². The van der Waals surface area contributed by atoms with Crippen LogP contribution in [-0.2, 0) is 4.79 Å². The van der Waals surface area contributed by atoms with Crippen molar-refractivity contribution in [2.75, 3.05) is 43.2 Å². The van der Waals surface area contributed by atoms with E-state index in [1.165, 1.54) is 6.08 Å². The molecule has 0 radical (unpaired) electrons. The van der Waals surface area contributed by atoms with Gasteiger partial charge < -0.3 is 4.90 Å². The van der Waals surface area contributed by atoms with E-state index in [0.29, 0.717) is 0 Å². The largest absolute Gasteiger partial charge is 0.368 e. The molecule has 114 valence electrons. The van der Waals surface area contributed by atoms with Crippen LogP contribution in [0.2, 0.25) is 0 Å². The Bertz CT molecular complexity index is 499. The molecule has 2 N–H and O–H groups in total. The summed E-state index contributed by atoms with van der Waals surface area (Å²) in [5.74, 6) is 0.557. The van der Waals surface area contributed by atoms with Crippen molar-refractivity contribution < 1.29 is 10.0 Å². The van der Waals surface area contributed by atoms with Crippen LogP contribution in [0.4, 0.5) is 5.69 Å². The Morgan fingerprint density at radius 1 is 1.33 bits per heavy atom. The van der Waals surface area contributed by atoms with E-state index >= 15 is 0 Å². The zero-order chi connectivity index (χ0) is 15.1. The summed E-state index contributed by atoms with van der Waals surface area (Å²) in [4.78, 5) is 15.9. The lowest BCUT2D eigenvalue weighted by atomic mass is 10.1. The SMILES string of the molecule is CSCN1CCN(c2ccccc2/C=C/C(=O)NO)CC1. The van der Waals surface area contributed by atoms with Crippen molar-refractivity contribution in [1.82, 2.24) is 10.4 Å². The number of hydroxylamine groups is 1. The van der Waals surface area contributed by atoms with E-state index in [4.69, 9.17) is 5.21 Å². The molecule has 1 aromatic rings. The maximum Gasteiger partial charge on any atom is 0.267 e. The van der Waals surface area contributed by atoms with Gasteiger partial charge in [-0.25, -0.2) is 5.48 Å². The molecule has 6 heteroatoms. The normalized spacial score (nSPS) is 16.4. The average Bonchev–Trinajstić information content (AvgIpc) is 2.54. The van der Waals surface area contributed by atoms with Crippen molar-refractivity contribution in [2.24, 2.45) is 0 Å². The summed E-state index contributed by atoms with van der Waals surface area (Å²) in [5, 5.41) is 8.54. The molecule has 21 heavy (non-hydrogen) atoms. The summed E-state index contributed by atoms with van der Waals surface area (Å²) >= 11 is 1.85. The van der Waals surface area contributed by atoms with Gasteiger partial charge in [-0.2, -0.15) is 0 Å². The van der Waals surface area contributed by atoms with Gasteiger partial charge in [-0.3, -0.25) is 14.9 Å². The zero-order valence-electron chi connectivity index (χ0n) is 12.2. The molecule has 1 heterocycles. The van der Waals surface area contributed by atoms with Gasteiger partial charge in [0.05, 0.1) is 0 Å². The second-order valence-corrected chi connectivity index (χ2v) is 5.73. The van der Waals surface area contributed by atoms with Crippen LogP contribution >= 0.6 is 11.8 Å². The van der Waals surface area contributed by atoms with E-state index in [9.17, 15) is 4.79 Å². The Hall–Kier alpha value is -1.50. The fraction of sp³-hybridized carbons (Fsp3) is 0.400. The Morgan fingerprint density at radius 3 is 2.71 bits per heavy atom. The lowest BCUT2D eigenvalue weighted by Crippen LogP contribution is -2.46. The van der Waals surface area contributed by atoms with Crippen LogP contribution in [0.1, 0.15) is 5.56 Å². The number of benzene rings is 1. The molecule has 0 saturated carbocycles. The third-order valence-electron chi connectivity index (χ3n) is 3.49. The number of amides is 1. The predicted octanol–water partition coefficient (Wildman–Crippen LogP) is 1.65. The molecule has 0 unspecified atom stereocenters. The molecule has 0 bridgehead atoms. The van der Waals surface area contributed by atoms with Crippen molar-refractivity contribution in [3.63, 3.8) is 0 Å². The fourth-order valence-corrected chi connectivity index (χ4v) is 3.04. The minimum absolute atomic E-state index is 0.519. The number of hydrogen-bond acceptors (Lipinski definition) is 5. The number of hydrogen-bond donors (Lipinski definition) is 2. The number of carbonyl (C=O) groups is 1. The molecule has 1 fully saturated rings. The minimum Gasteiger partial charge on any atom is -0.368 e. The Morgan fingerprint density at radius 2 is 2.05 bits per heavy atom. The smallest absolute Gasteiger partial charge is 0.267 e. The summed E-state index contributed by atoms with van der Waals surface area (Å²) in [7, 11) is 0. The summed E-state index contributed by atoms with van der Waals surface area (Å²) < 4.78 is 0. The third kappa shape index (κ3) is 4.49. The Balaban J connectivity index is 2.07. The van der Waals surface area contributed by atoms with Crippen LogP contribution in [0.15, 0.2) is 30.3 Å². The number of nitrogens with one attached hydrogen (secondary N) is 1. The van der Waals surface area contributed by atoms with Gasteiger partial charge in [0.2, 0.25) is 0 Å². The van der Waals surface area contributed by atoms with Crippen molar-refractivity contribution >= 4 is 29.4 Å². The molecule has 0 atom stereocenters. The predicted molar refractivity (Wildman–Crippen MR) is 87.6 cm³/mol. The fourth-order valence-electron chi connectivity index (χ4n) is 2.42. The number of carbonyl (C=O) groups excluding carboxylic acids is 1. The van der Waals surface area contributed by atoms with Gasteiger partial charge in [0.1, 0.15) is 0 Å². The topological polar surface area (TPSA) is 55.8 Å². The van der Waals surface area contributed by atoms with E-state index < -0.39 is 5.91 Å². The van der Waals surface area contributed by atoms with E-state index in [1.807, 2.05) is 30.0 Å². The molecular weight excluding hydrogens is 286 g/mol. The van der Waals surface area contributed by atoms with Crippen LogP contribution in [-0.4, -0.2) is 54.3 Å². The summed E-state index contributed by atoms with van der Waals surface area (Å²) in [6, 6.07) is 8.00. The maximum absolute atomic E-state index is 11.1. The Kier molecular flexibility index (Phi) is 6.10. The van der Waals surface area contributed by atoms with Gasteiger partial charge in [0, 0.05) is 43.8 Å². The van der Waals surface area contributed by atoms with Crippen LogP contribution in [0.5, 0.6) is 0 Å². The first-order valence-electron chi connectivity index (χ1n) is 6.92. The number of para-hydroxylation sites is 1. The highest BCUT2D eigenvalue weighted by Crippen LogP contribution is 2.23. The van der Waals surface area contributed by atoms with Gasteiger partial charge in [0.25, 0.3) is 5.91 Å². The average molecular weight is 307 g/mol. The lowest BCUT2D eigenvalue weighted by Gasteiger charge is -2.36. The van der Waals surface area contributed by atoms with Crippen LogP contribution < -0.4 is 10.4 Å². The second kappa shape index (κ2) is 8.07. The standard InChI is InChI=1S/C15H21N3O2S/c1-21-12-17-8-10-18(11-9-17)14-5-3-2-4-13(14)6-7-15(19)16-20/h2-7,20H,8-12H2,1H3,(H,16,19)/b7-6+. The first-order chi connectivity index (χ1) is 10.2. The molecule has 1 aromatic carbocycles. The molecule has 2 rings (SSSR count). The second-order valence-electron chi connectivity index (χ2n) is 4.89. The molecule has 0 spiro atoms. The monoisotopic (exact) mass is 307 g/mol. The van der Waals surface area contributed by atoms with Gasteiger partial charge >= 0.3 is 0 Å². The van der Waals surface area contributed by atoms with Crippen molar-refractivity contribution in [3.05, 3.63) is 35.9 Å². The molecule has 1 aliphatic heterocycles. The van der Waals surface area contributed by atoms with E-state index in [-0.39, 0.29) is 0 Å². The number of thioether (sulfide) groups is 1. The van der Waals surface area contributed by atoms with E-state index in [0.717, 1.165) is 43.3 Å².